The largest absolute Gasteiger partial charge is 0.472 e. The third kappa shape index (κ3) is 14.7. The van der Waals surface area contributed by atoms with Crippen molar-refractivity contribution in [2.24, 2.45) is 22.0 Å². The molecule has 0 bridgehead atoms. The van der Waals surface area contributed by atoms with Gasteiger partial charge in [-0.15, -0.1) is 0 Å². The minimum absolute atomic E-state index is 0.0348. The highest BCUT2D eigenvalue weighted by molar-refractivity contribution is 14.1. The number of phosphoric ester groups is 1. The van der Waals surface area contributed by atoms with E-state index in [1.165, 1.54) is 0 Å². The maximum atomic E-state index is 12.9. The van der Waals surface area contributed by atoms with E-state index in [-0.39, 0.29) is 28.6 Å². The van der Waals surface area contributed by atoms with Crippen LogP contribution in [0.1, 0.15) is 75.2 Å². The predicted octanol–water partition coefficient (Wildman–Crippen LogP) is 4.63. The molecule has 0 aromatic carbocycles. The molecule has 11 heteroatoms. The summed E-state index contributed by atoms with van der Waals surface area (Å²) in [6, 6.07) is 0. The van der Waals surface area contributed by atoms with Crippen molar-refractivity contribution in [1.29, 1.82) is 0 Å². The monoisotopic (exact) mass is 607 g/mol. The van der Waals surface area contributed by atoms with Crippen molar-refractivity contribution in [1.82, 2.24) is 0 Å². The molecule has 0 aromatic rings. The molecule has 33 heavy (non-hydrogen) atoms. The number of carbonyl (C=O) groups excluding carboxylic acids is 2. The molecule has 3 N–H and O–H groups in total. The Morgan fingerprint density at radius 1 is 0.909 bits per heavy atom. The maximum absolute atomic E-state index is 12.9. The van der Waals surface area contributed by atoms with Crippen LogP contribution in [0.3, 0.4) is 0 Å². The van der Waals surface area contributed by atoms with Crippen LogP contribution in [0.4, 0.5) is 0 Å². The number of phosphoric acid groups is 1. The van der Waals surface area contributed by atoms with Crippen molar-refractivity contribution in [3.63, 3.8) is 0 Å². The van der Waals surface area contributed by atoms with Gasteiger partial charge in [0.25, 0.3) is 0 Å². The van der Waals surface area contributed by atoms with Gasteiger partial charge in [0.2, 0.25) is 0 Å². The van der Waals surface area contributed by atoms with E-state index in [1.54, 1.807) is 27.7 Å². The number of nitrogens with two attached hydrogens (primary N) is 1. The summed E-state index contributed by atoms with van der Waals surface area (Å²) in [5.74, 6) is -0.987. The Labute approximate surface area is 212 Å². The van der Waals surface area contributed by atoms with Crippen LogP contribution in [-0.4, -0.2) is 52.7 Å². The molecule has 0 rings (SSSR count). The summed E-state index contributed by atoms with van der Waals surface area (Å²) in [5, 5.41) is 0. The molecule has 0 aromatic heterocycles. The molecule has 0 heterocycles. The van der Waals surface area contributed by atoms with Crippen LogP contribution in [0, 0.1) is 16.2 Å². The molecule has 196 valence electrons. The highest BCUT2D eigenvalue weighted by atomic mass is 127. The third-order valence-corrected chi connectivity index (χ3v) is 5.78. The molecular formula is C22H43INO8P. The molecule has 0 aliphatic heterocycles. The third-order valence-electron chi connectivity index (χ3n) is 4.41. The molecule has 0 aliphatic carbocycles. The molecule has 1 unspecified atom stereocenters. The van der Waals surface area contributed by atoms with Gasteiger partial charge in [0.05, 0.1) is 24.0 Å². The highest BCUT2D eigenvalue weighted by Gasteiger charge is 2.38. The zero-order valence-electron chi connectivity index (χ0n) is 21.5. The maximum Gasteiger partial charge on any atom is 0.472 e. The van der Waals surface area contributed by atoms with Gasteiger partial charge < -0.3 is 20.1 Å². The lowest BCUT2D eigenvalue weighted by molar-refractivity contribution is -0.173. The van der Waals surface area contributed by atoms with Gasteiger partial charge in [0, 0.05) is 9.97 Å². The molecule has 0 saturated carbocycles. The van der Waals surface area contributed by atoms with Crippen LogP contribution in [0.5, 0.6) is 0 Å². The average Bonchev–Trinajstić information content (AvgIpc) is 2.57. The van der Waals surface area contributed by atoms with Crippen molar-refractivity contribution in [3.8, 4) is 0 Å². The van der Waals surface area contributed by atoms with Gasteiger partial charge in [0.15, 0.2) is 6.10 Å². The fraction of sp³-hybridized carbons (Fsp3) is 0.909. The number of hydrogen-bond acceptors (Lipinski definition) is 8. The Kier molecular flexibility index (Phi) is 12.5. The average molecular weight is 607 g/mol. The van der Waals surface area contributed by atoms with Crippen LogP contribution < -0.4 is 5.73 Å². The van der Waals surface area contributed by atoms with Crippen LogP contribution >= 0.6 is 30.4 Å². The predicted molar refractivity (Wildman–Crippen MR) is 136 cm³/mol. The smallest absolute Gasteiger partial charge is 0.461 e. The lowest BCUT2D eigenvalue weighted by Crippen LogP contribution is -2.39. The minimum Gasteiger partial charge on any atom is -0.461 e. The van der Waals surface area contributed by atoms with Crippen LogP contribution in [-0.2, 0) is 32.7 Å². The lowest BCUT2D eigenvalue weighted by atomic mass is 9.76. The van der Waals surface area contributed by atoms with Gasteiger partial charge in [-0.2, -0.15) is 0 Å². The molecule has 0 fully saturated rings. The second kappa shape index (κ2) is 12.6. The summed E-state index contributed by atoms with van der Waals surface area (Å²) in [6.07, 6.45) is 0.0187. The quantitative estimate of drug-likeness (QED) is 0.126. The first-order chi connectivity index (χ1) is 14.6. The van der Waals surface area contributed by atoms with Gasteiger partial charge in [-0.05, 0) is 46.0 Å². The van der Waals surface area contributed by atoms with Crippen molar-refractivity contribution in [2.45, 2.75) is 84.7 Å². The van der Waals surface area contributed by atoms with Crippen LogP contribution in [0.2, 0.25) is 0 Å². The van der Waals surface area contributed by atoms with Crippen LogP contribution in [0.25, 0.3) is 0 Å². The first-order valence-corrected chi connectivity index (χ1v) is 13.6. The molecule has 9 nitrogen and oxygen atoms in total. The summed E-state index contributed by atoms with van der Waals surface area (Å²) in [4.78, 5) is 35.4. The van der Waals surface area contributed by atoms with E-state index in [4.69, 9.17) is 24.3 Å². The number of ether oxygens (including phenoxy) is 2. The van der Waals surface area contributed by atoms with Crippen molar-refractivity contribution in [2.75, 3.05) is 26.4 Å². The van der Waals surface area contributed by atoms with E-state index < -0.39 is 43.3 Å². The number of halogens is 1. The fourth-order valence-corrected chi connectivity index (χ4v) is 5.41. The van der Waals surface area contributed by atoms with Crippen molar-refractivity contribution >= 4 is 42.4 Å². The van der Waals surface area contributed by atoms with Crippen LogP contribution in [0.15, 0.2) is 0 Å². The Hall–Kier alpha value is -0.260. The Morgan fingerprint density at radius 3 is 1.88 bits per heavy atom. The first-order valence-electron chi connectivity index (χ1n) is 11.0. The van der Waals surface area contributed by atoms with E-state index in [0.717, 1.165) is 0 Å². The second-order valence-electron chi connectivity index (χ2n) is 11.4. The number of rotatable bonds is 14. The Balaban J connectivity index is 5.40. The Morgan fingerprint density at radius 2 is 1.42 bits per heavy atom. The molecular weight excluding hydrogens is 564 g/mol. The minimum atomic E-state index is -4.40. The number of hydrogen-bond donors (Lipinski definition) is 2. The van der Waals surface area contributed by atoms with E-state index in [1.807, 2.05) is 34.6 Å². The second-order valence-corrected chi connectivity index (χ2v) is 15.8. The summed E-state index contributed by atoms with van der Waals surface area (Å²) in [6.45, 7) is 16.2. The number of alkyl halides is 1. The zero-order valence-corrected chi connectivity index (χ0v) is 24.6. The SMILES string of the molecule is CC(C)(C)CC(C)(C)C(=O)OC[C@H](COP(=O)(O)OCCN)OC(=O)C(C)(C)CC(C)(C)I. The summed E-state index contributed by atoms with van der Waals surface area (Å²) >= 11 is 2.25. The highest BCUT2D eigenvalue weighted by Crippen LogP contribution is 2.43. The lowest BCUT2D eigenvalue weighted by Gasteiger charge is -2.32. The molecule has 0 spiro atoms. The zero-order chi connectivity index (χ0) is 26.3. The van der Waals surface area contributed by atoms with Gasteiger partial charge in [-0.1, -0.05) is 57.2 Å². The van der Waals surface area contributed by atoms with E-state index in [9.17, 15) is 19.0 Å². The molecule has 0 amide bonds. The van der Waals surface area contributed by atoms with E-state index >= 15 is 0 Å². The summed E-state index contributed by atoms with van der Waals surface area (Å²) in [5.41, 5.74) is 3.58. The topological polar surface area (TPSA) is 134 Å². The number of carbonyl (C=O) groups is 2. The van der Waals surface area contributed by atoms with E-state index in [0.29, 0.717) is 12.8 Å². The van der Waals surface area contributed by atoms with Gasteiger partial charge >= 0.3 is 19.8 Å². The molecule has 0 saturated heterocycles. The fourth-order valence-electron chi connectivity index (χ4n) is 3.69. The van der Waals surface area contributed by atoms with E-state index in [2.05, 4.69) is 22.6 Å². The number of esters is 2. The van der Waals surface area contributed by atoms with Gasteiger partial charge in [-0.25, -0.2) is 4.57 Å². The Bertz CT molecular complexity index is 697. The molecule has 2 atom stereocenters. The molecule has 0 aliphatic rings. The van der Waals surface area contributed by atoms with Crippen molar-refractivity contribution < 1.29 is 37.6 Å². The normalized spacial score (nSPS) is 16.1. The summed E-state index contributed by atoms with van der Waals surface area (Å²) < 4.78 is 32.5. The van der Waals surface area contributed by atoms with Gasteiger partial charge in [0.1, 0.15) is 6.61 Å². The molecule has 0 radical (unpaired) electrons. The van der Waals surface area contributed by atoms with Crippen molar-refractivity contribution in [3.05, 3.63) is 0 Å². The van der Waals surface area contributed by atoms with Gasteiger partial charge in [-0.3, -0.25) is 18.6 Å². The standard InChI is InChI=1S/C22H43INO8P/c1-19(2,3)14-20(4,5)17(25)29-12-16(13-31-33(27,28)30-11-10-24)32-18(26)21(6,7)15-22(8,9)23/h16H,10-15,24H2,1-9H3,(H,27,28)/t16-/m1/s1. The summed E-state index contributed by atoms with van der Waals surface area (Å²) in [7, 11) is -4.40. The first kappa shape index (κ1) is 32.7.